The lowest BCUT2D eigenvalue weighted by molar-refractivity contribution is -0.184. The van der Waals surface area contributed by atoms with Gasteiger partial charge in [-0.1, -0.05) is 17.7 Å². The van der Waals surface area contributed by atoms with Crippen LogP contribution < -0.4 is 5.32 Å². The Kier molecular flexibility index (Phi) is 7.59. The lowest BCUT2D eigenvalue weighted by Gasteiger charge is -2.43. The van der Waals surface area contributed by atoms with Gasteiger partial charge in [-0.25, -0.2) is 14.4 Å². The molecule has 2 aromatic heterocycles. The summed E-state index contributed by atoms with van der Waals surface area (Å²) in [6.45, 7) is 7.55. The van der Waals surface area contributed by atoms with Gasteiger partial charge in [0.1, 0.15) is 16.7 Å². The number of anilines is 2. The molecular weight excluding hydrogens is 519 g/mol. The molecule has 0 radical (unpaired) electrons. The van der Waals surface area contributed by atoms with Gasteiger partial charge in [0.2, 0.25) is 0 Å². The number of hydrogen-bond donors (Lipinski definition) is 2. The highest BCUT2D eigenvalue weighted by Crippen LogP contribution is 2.39. The van der Waals surface area contributed by atoms with E-state index in [0.29, 0.717) is 40.0 Å². The summed E-state index contributed by atoms with van der Waals surface area (Å²) in [4.78, 5) is 11.5. The molecule has 1 aliphatic carbocycles. The number of aromatic amines is 1. The maximum Gasteiger partial charge on any atom is 0.168 e. The van der Waals surface area contributed by atoms with Crippen LogP contribution >= 0.6 is 11.6 Å². The van der Waals surface area contributed by atoms with E-state index >= 15 is 4.39 Å². The number of H-pyrrole nitrogens is 1. The fourth-order valence-corrected chi connectivity index (χ4v) is 6.59. The molecule has 2 N–H and O–H groups in total. The van der Waals surface area contributed by atoms with E-state index < -0.39 is 0 Å². The van der Waals surface area contributed by atoms with Crippen molar-refractivity contribution in [3.8, 4) is 0 Å². The van der Waals surface area contributed by atoms with Gasteiger partial charge in [-0.2, -0.15) is 5.10 Å². The highest BCUT2D eigenvalue weighted by Gasteiger charge is 2.42. The molecule has 2 aliphatic heterocycles. The molecule has 39 heavy (non-hydrogen) atoms. The van der Waals surface area contributed by atoms with Crippen LogP contribution in [0.4, 0.5) is 16.0 Å². The Hall–Kier alpha value is -2.59. The van der Waals surface area contributed by atoms with Crippen molar-refractivity contribution in [1.82, 2.24) is 25.1 Å². The zero-order valence-electron chi connectivity index (χ0n) is 22.6. The smallest absolute Gasteiger partial charge is 0.168 e. The highest BCUT2D eigenvalue weighted by atomic mass is 35.5. The molecule has 1 spiro atoms. The largest absolute Gasteiger partial charge is 0.348 e. The Morgan fingerprint density at radius 1 is 1.10 bits per heavy atom. The van der Waals surface area contributed by atoms with Gasteiger partial charge in [-0.05, 0) is 81.3 Å². The average molecular weight is 555 g/mol. The molecule has 10 heteroatoms. The summed E-state index contributed by atoms with van der Waals surface area (Å²) in [5.74, 6) is 1.42. The maximum absolute atomic E-state index is 15.4. The molecule has 2 saturated heterocycles. The molecule has 208 valence electrons. The van der Waals surface area contributed by atoms with Crippen molar-refractivity contribution in [3.63, 3.8) is 0 Å². The van der Waals surface area contributed by atoms with E-state index in [0.717, 1.165) is 81.6 Å². The molecule has 4 heterocycles. The minimum Gasteiger partial charge on any atom is -0.348 e. The van der Waals surface area contributed by atoms with E-state index in [-0.39, 0.29) is 18.0 Å². The first kappa shape index (κ1) is 26.6. The van der Waals surface area contributed by atoms with E-state index in [2.05, 4.69) is 37.3 Å². The van der Waals surface area contributed by atoms with Gasteiger partial charge in [-0.15, -0.1) is 0 Å². The minimum atomic E-state index is -0.307. The van der Waals surface area contributed by atoms with Crippen LogP contribution in [0.5, 0.6) is 0 Å². The number of aryl methyl sites for hydroxylation is 2. The van der Waals surface area contributed by atoms with Crippen molar-refractivity contribution < 1.29 is 13.9 Å². The molecule has 3 aliphatic rings. The molecular formula is C29H36ClFN6O2. The number of likely N-dealkylation sites (tertiary alicyclic amines) is 1. The number of benzene rings is 1. The summed E-state index contributed by atoms with van der Waals surface area (Å²) >= 11 is 6.29. The summed E-state index contributed by atoms with van der Waals surface area (Å²) < 4.78 is 27.2. The summed E-state index contributed by atoms with van der Waals surface area (Å²) in [5.41, 5.74) is 3.76. The first-order valence-electron chi connectivity index (χ1n) is 14.0. The van der Waals surface area contributed by atoms with Crippen molar-refractivity contribution in [2.75, 3.05) is 31.6 Å². The van der Waals surface area contributed by atoms with E-state index in [1.54, 1.807) is 12.3 Å². The fraction of sp³-hybridized carbons (Fsp3) is 0.552. The van der Waals surface area contributed by atoms with Crippen molar-refractivity contribution in [2.45, 2.75) is 76.5 Å². The Morgan fingerprint density at radius 2 is 1.85 bits per heavy atom. The molecule has 0 unspecified atom stereocenters. The van der Waals surface area contributed by atoms with Crippen LogP contribution in [0.25, 0.3) is 0 Å². The molecule has 0 bridgehead atoms. The van der Waals surface area contributed by atoms with Gasteiger partial charge in [0.05, 0.1) is 19.4 Å². The molecule has 0 amide bonds. The normalized spacial score (nSPS) is 20.6. The average Bonchev–Trinajstić information content (AvgIpc) is 3.57. The zero-order chi connectivity index (χ0) is 27.0. The van der Waals surface area contributed by atoms with Crippen LogP contribution in [0.1, 0.15) is 72.7 Å². The number of halogens is 2. The number of aromatic nitrogens is 4. The first-order chi connectivity index (χ1) is 18.9. The van der Waals surface area contributed by atoms with Crippen LogP contribution in [-0.2, 0) is 15.9 Å². The third-order valence-corrected chi connectivity index (χ3v) is 8.82. The van der Waals surface area contributed by atoms with Gasteiger partial charge in [0, 0.05) is 37.1 Å². The van der Waals surface area contributed by atoms with Gasteiger partial charge < -0.3 is 19.7 Å². The van der Waals surface area contributed by atoms with Gasteiger partial charge in [0.25, 0.3) is 0 Å². The summed E-state index contributed by atoms with van der Waals surface area (Å²) in [6, 6.07) is 6.16. The number of rotatable bonds is 6. The quantitative estimate of drug-likeness (QED) is 0.397. The van der Waals surface area contributed by atoms with Crippen LogP contribution in [0.15, 0.2) is 24.4 Å². The number of ether oxygens (including phenoxy) is 2. The van der Waals surface area contributed by atoms with Crippen molar-refractivity contribution in [2.24, 2.45) is 0 Å². The Bertz CT molecular complexity index is 1310. The summed E-state index contributed by atoms with van der Waals surface area (Å²) in [7, 11) is 0. The Labute approximate surface area is 233 Å². The summed E-state index contributed by atoms with van der Waals surface area (Å²) in [5, 5.41) is 10.5. The second kappa shape index (κ2) is 11.1. The van der Waals surface area contributed by atoms with Crippen LogP contribution in [0.3, 0.4) is 0 Å². The van der Waals surface area contributed by atoms with Crippen LogP contribution in [-0.4, -0.2) is 63.2 Å². The van der Waals surface area contributed by atoms with E-state index in [9.17, 15) is 0 Å². The van der Waals surface area contributed by atoms with Crippen LogP contribution in [0.2, 0.25) is 5.02 Å². The third-order valence-electron chi connectivity index (χ3n) is 8.55. The van der Waals surface area contributed by atoms with Gasteiger partial charge in [0.15, 0.2) is 17.4 Å². The molecule has 1 aromatic carbocycles. The van der Waals surface area contributed by atoms with Gasteiger partial charge >= 0.3 is 0 Å². The second-order valence-electron chi connectivity index (χ2n) is 11.2. The van der Waals surface area contributed by atoms with Crippen molar-refractivity contribution in [3.05, 3.63) is 63.4 Å². The molecule has 0 atom stereocenters. The molecule has 3 aromatic rings. The Morgan fingerprint density at radius 3 is 2.54 bits per heavy atom. The molecule has 8 nitrogen and oxygen atoms in total. The van der Waals surface area contributed by atoms with Crippen LogP contribution in [0, 0.1) is 19.7 Å². The van der Waals surface area contributed by atoms with Crippen molar-refractivity contribution in [1.29, 1.82) is 0 Å². The monoisotopic (exact) mass is 554 g/mol. The molecule has 1 saturated carbocycles. The number of piperidine rings is 1. The zero-order valence-corrected chi connectivity index (χ0v) is 23.4. The fourth-order valence-electron chi connectivity index (χ4n) is 6.45. The predicted octanol–water partition coefficient (Wildman–Crippen LogP) is 5.81. The molecule has 3 fully saturated rings. The second-order valence-corrected chi connectivity index (χ2v) is 11.6. The predicted molar refractivity (Wildman–Crippen MR) is 148 cm³/mol. The lowest BCUT2D eigenvalue weighted by Crippen LogP contribution is -2.46. The highest BCUT2D eigenvalue weighted by molar-refractivity contribution is 6.32. The third kappa shape index (κ3) is 5.82. The van der Waals surface area contributed by atoms with Crippen molar-refractivity contribution >= 4 is 23.2 Å². The SMILES string of the molecule is Cc1cc(Nc2nc(Cc3cc(C)c(C4CCN(C5CCC6(CC5)OCCO6)CC4)cc3F)ncc2Cl)n[nH]1. The van der Waals surface area contributed by atoms with E-state index in [1.165, 1.54) is 0 Å². The van der Waals surface area contributed by atoms with E-state index in [4.69, 9.17) is 21.1 Å². The molecule has 6 rings (SSSR count). The number of hydrogen-bond acceptors (Lipinski definition) is 7. The minimum absolute atomic E-state index is 0.205. The maximum atomic E-state index is 15.4. The Balaban J connectivity index is 1.08. The standard InChI is InChI=1S/C29H36ClFN6O2/c1-18-13-21(15-26-32-17-24(30)28(33-26)34-27-14-19(2)35-36-27)25(31)16-23(18)20-5-9-37(10-6-20)22-3-7-29(8-4-22)38-11-12-39-29/h13-14,16-17,20,22H,3-12,15H2,1-2H3,(H2,32,33,34,35,36). The van der Waals surface area contributed by atoms with E-state index in [1.807, 2.05) is 19.1 Å². The number of nitrogens with one attached hydrogen (secondary N) is 2. The lowest BCUT2D eigenvalue weighted by atomic mass is 9.83. The van der Waals surface area contributed by atoms with Gasteiger partial charge in [-0.3, -0.25) is 5.10 Å². The number of nitrogens with zero attached hydrogens (tertiary/aromatic N) is 4. The summed E-state index contributed by atoms with van der Waals surface area (Å²) in [6.07, 6.45) is 8.15. The first-order valence-corrected chi connectivity index (χ1v) is 14.4. The topological polar surface area (TPSA) is 88.2 Å².